The van der Waals surface area contributed by atoms with Gasteiger partial charge in [0.25, 0.3) is 0 Å². The molecule has 1 aliphatic rings. The van der Waals surface area contributed by atoms with Crippen LogP contribution in [0.25, 0.3) is 0 Å². The molecular formula is C5H6NO2S-. The van der Waals surface area contributed by atoms with Crippen LogP contribution in [-0.2, 0) is 4.79 Å². The minimum atomic E-state index is -0.278. The molecule has 1 heterocycles. The lowest BCUT2D eigenvalue weighted by Gasteiger charge is -2.10. The second kappa shape index (κ2) is 2.39. The van der Waals surface area contributed by atoms with Gasteiger partial charge >= 0.3 is 0 Å². The lowest BCUT2D eigenvalue weighted by atomic mass is 10.3. The van der Waals surface area contributed by atoms with Crippen molar-refractivity contribution >= 4 is 23.6 Å². The van der Waals surface area contributed by atoms with Gasteiger partial charge in [-0.2, -0.15) is 11.8 Å². The van der Waals surface area contributed by atoms with E-state index in [4.69, 9.17) is 0 Å². The van der Waals surface area contributed by atoms with Crippen molar-refractivity contribution in [2.75, 3.05) is 6.26 Å². The second-order valence-corrected chi connectivity index (χ2v) is 2.81. The zero-order valence-corrected chi connectivity index (χ0v) is 5.77. The van der Waals surface area contributed by atoms with Gasteiger partial charge < -0.3 is 5.11 Å². The summed E-state index contributed by atoms with van der Waals surface area (Å²) in [5, 5.41) is 10.4. The number of carbonyl (C=O) groups excluding carboxylic acids is 1. The highest BCUT2D eigenvalue weighted by molar-refractivity contribution is 7.99. The summed E-state index contributed by atoms with van der Waals surface area (Å²) in [5.41, 5.74) is 0. The molecule has 9 heavy (non-hydrogen) atoms. The maximum absolute atomic E-state index is 10.6. The fraction of sp³-hybridized carbons (Fsp3) is 0.600. The highest BCUT2D eigenvalue weighted by Crippen LogP contribution is 2.16. The van der Waals surface area contributed by atoms with Gasteiger partial charge in [0.2, 0.25) is 5.91 Å². The van der Waals surface area contributed by atoms with Crippen molar-refractivity contribution in [1.82, 2.24) is 0 Å². The Morgan fingerprint density at radius 1 is 1.89 bits per heavy atom. The maximum atomic E-state index is 10.6. The Labute approximate surface area is 57.2 Å². The van der Waals surface area contributed by atoms with Crippen molar-refractivity contribution in [1.29, 1.82) is 0 Å². The lowest BCUT2D eigenvalue weighted by Crippen LogP contribution is -2.25. The van der Waals surface area contributed by atoms with Gasteiger partial charge in [0.05, 0.1) is 0 Å². The fourth-order valence-electron chi connectivity index (χ4n) is 0.671. The monoisotopic (exact) mass is 144 g/mol. The van der Waals surface area contributed by atoms with Crippen LogP contribution in [0.2, 0.25) is 0 Å². The van der Waals surface area contributed by atoms with Gasteiger partial charge in [-0.05, 0) is 12.2 Å². The van der Waals surface area contributed by atoms with Crippen LogP contribution in [0.15, 0.2) is 4.99 Å². The summed E-state index contributed by atoms with van der Waals surface area (Å²) >= 11 is 1.38. The topological polar surface area (TPSA) is 52.5 Å². The first-order chi connectivity index (χ1) is 4.24. The highest BCUT2D eigenvalue weighted by Gasteiger charge is 2.18. The molecule has 3 nitrogen and oxygen atoms in total. The van der Waals surface area contributed by atoms with E-state index in [2.05, 4.69) is 4.99 Å². The van der Waals surface area contributed by atoms with Crippen LogP contribution in [-0.4, -0.2) is 23.3 Å². The zero-order chi connectivity index (χ0) is 6.85. The van der Waals surface area contributed by atoms with Crippen LogP contribution in [0.1, 0.15) is 6.42 Å². The molecule has 1 rings (SSSR count). The summed E-state index contributed by atoms with van der Waals surface area (Å²) in [6.07, 6.45) is 2.09. The number of aliphatic imine (C=N–C) groups is 1. The minimum Gasteiger partial charge on any atom is -0.861 e. The summed E-state index contributed by atoms with van der Waals surface area (Å²) in [6.45, 7) is 0. The number of amides is 1. The SMILES string of the molecule is CSC1CC(=O)N=C1[O-]. The van der Waals surface area contributed by atoms with E-state index in [9.17, 15) is 9.90 Å². The summed E-state index contributed by atoms with van der Waals surface area (Å²) in [6, 6.07) is 0. The van der Waals surface area contributed by atoms with Crippen LogP contribution in [0.4, 0.5) is 0 Å². The number of carbonyl (C=O) groups is 1. The molecule has 0 saturated carbocycles. The second-order valence-electron chi connectivity index (χ2n) is 1.77. The Morgan fingerprint density at radius 3 is 2.78 bits per heavy atom. The van der Waals surface area contributed by atoms with Crippen LogP contribution in [0.3, 0.4) is 0 Å². The Kier molecular flexibility index (Phi) is 1.75. The molecule has 0 aromatic carbocycles. The fourth-order valence-corrected chi connectivity index (χ4v) is 1.23. The Hall–Kier alpha value is -0.510. The first kappa shape index (κ1) is 6.61. The molecule has 0 bridgehead atoms. The predicted octanol–water partition coefficient (Wildman–Crippen LogP) is -0.593. The van der Waals surface area contributed by atoms with Gasteiger partial charge in [0, 0.05) is 11.7 Å². The molecule has 1 aliphatic heterocycles. The van der Waals surface area contributed by atoms with Crippen LogP contribution in [0, 0.1) is 0 Å². The third-order valence-corrected chi connectivity index (χ3v) is 2.09. The smallest absolute Gasteiger partial charge is 0.246 e. The van der Waals surface area contributed by atoms with Crippen molar-refractivity contribution in [2.45, 2.75) is 11.7 Å². The largest absolute Gasteiger partial charge is 0.861 e. The van der Waals surface area contributed by atoms with Crippen molar-refractivity contribution < 1.29 is 9.90 Å². The predicted molar refractivity (Wildman–Crippen MR) is 34.4 cm³/mol. The number of rotatable bonds is 1. The molecule has 1 unspecified atom stereocenters. The molecule has 50 valence electrons. The highest BCUT2D eigenvalue weighted by atomic mass is 32.2. The molecule has 0 fully saturated rings. The third-order valence-electron chi connectivity index (χ3n) is 1.15. The number of nitrogens with zero attached hydrogens (tertiary/aromatic N) is 1. The summed E-state index contributed by atoms with van der Waals surface area (Å²) in [7, 11) is 0. The molecule has 0 aliphatic carbocycles. The summed E-state index contributed by atoms with van der Waals surface area (Å²) < 4.78 is 0. The minimum absolute atomic E-state index is 0.197. The molecule has 0 N–H and O–H groups in total. The first-order valence-corrected chi connectivity index (χ1v) is 3.84. The van der Waals surface area contributed by atoms with E-state index in [1.807, 2.05) is 0 Å². The Balaban J connectivity index is 2.64. The van der Waals surface area contributed by atoms with E-state index in [0.717, 1.165) is 0 Å². The quantitative estimate of drug-likeness (QED) is 0.494. The Morgan fingerprint density at radius 2 is 2.56 bits per heavy atom. The van der Waals surface area contributed by atoms with E-state index in [-0.39, 0.29) is 17.1 Å². The molecule has 1 atom stereocenters. The normalized spacial score (nSPS) is 26.6. The van der Waals surface area contributed by atoms with Gasteiger partial charge in [-0.3, -0.25) is 4.79 Å². The molecule has 0 spiro atoms. The number of hydrogen-bond donors (Lipinski definition) is 0. The van der Waals surface area contributed by atoms with Gasteiger partial charge in [0.15, 0.2) is 0 Å². The van der Waals surface area contributed by atoms with E-state index in [0.29, 0.717) is 6.42 Å². The van der Waals surface area contributed by atoms with E-state index < -0.39 is 0 Å². The van der Waals surface area contributed by atoms with E-state index in [1.54, 1.807) is 6.26 Å². The molecule has 0 saturated heterocycles. The van der Waals surface area contributed by atoms with Crippen molar-refractivity contribution in [3.63, 3.8) is 0 Å². The van der Waals surface area contributed by atoms with Crippen molar-refractivity contribution in [3.8, 4) is 0 Å². The molecule has 0 radical (unpaired) electrons. The van der Waals surface area contributed by atoms with Gasteiger partial charge in [-0.25, -0.2) is 4.99 Å². The van der Waals surface area contributed by atoms with Crippen molar-refractivity contribution in [3.05, 3.63) is 0 Å². The van der Waals surface area contributed by atoms with Crippen LogP contribution >= 0.6 is 11.8 Å². The number of hydrogen-bond acceptors (Lipinski definition) is 3. The van der Waals surface area contributed by atoms with E-state index in [1.165, 1.54) is 11.8 Å². The summed E-state index contributed by atoms with van der Waals surface area (Å²) in [5.74, 6) is -0.549. The summed E-state index contributed by atoms with van der Waals surface area (Å²) in [4.78, 5) is 13.7. The van der Waals surface area contributed by atoms with Crippen LogP contribution in [0.5, 0.6) is 0 Å². The lowest BCUT2D eigenvalue weighted by molar-refractivity contribution is -0.216. The average molecular weight is 144 g/mol. The molecule has 0 aromatic heterocycles. The average Bonchev–Trinajstić information content (AvgIpc) is 2.10. The number of thioether (sulfide) groups is 1. The third kappa shape index (κ3) is 1.24. The van der Waals surface area contributed by atoms with Crippen LogP contribution < -0.4 is 5.11 Å². The van der Waals surface area contributed by atoms with Gasteiger partial charge in [-0.1, -0.05) is 0 Å². The van der Waals surface area contributed by atoms with Gasteiger partial charge in [0.1, 0.15) is 0 Å². The molecule has 0 aromatic rings. The first-order valence-electron chi connectivity index (χ1n) is 2.55. The maximum Gasteiger partial charge on any atom is 0.246 e. The zero-order valence-electron chi connectivity index (χ0n) is 4.96. The Bertz CT molecular complexity index is 166. The molecular weight excluding hydrogens is 138 g/mol. The van der Waals surface area contributed by atoms with Gasteiger partial charge in [-0.15, -0.1) is 0 Å². The van der Waals surface area contributed by atoms with E-state index >= 15 is 0 Å². The van der Waals surface area contributed by atoms with Crippen molar-refractivity contribution in [2.24, 2.45) is 4.99 Å². The molecule has 1 amide bonds. The standard InChI is InChI=1S/C5H7NO2S/c1-9-3-2-4(7)6-5(3)8/h3H,2H2,1H3,(H,6,7,8)/p-1. The molecule has 4 heteroatoms.